The van der Waals surface area contributed by atoms with Gasteiger partial charge in [0.05, 0.1) is 36.3 Å². The third-order valence-electron chi connectivity index (χ3n) is 21.2. The van der Waals surface area contributed by atoms with Crippen LogP contribution in [0.25, 0.3) is 0 Å². The van der Waals surface area contributed by atoms with Crippen molar-refractivity contribution in [1.82, 2.24) is 40.9 Å². The number of nitriles is 1. The Balaban J connectivity index is 0.000000254. The summed E-state index contributed by atoms with van der Waals surface area (Å²) in [5.41, 5.74) is 11.4. The summed E-state index contributed by atoms with van der Waals surface area (Å²) in [5.74, 6) is 1.72. The monoisotopic (exact) mass is 1880 g/mol. The van der Waals surface area contributed by atoms with Gasteiger partial charge in [-0.2, -0.15) is 5.26 Å². The van der Waals surface area contributed by atoms with Crippen molar-refractivity contribution >= 4 is 23.6 Å². The van der Waals surface area contributed by atoms with E-state index >= 15 is 0 Å². The van der Waals surface area contributed by atoms with Crippen molar-refractivity contribution in [2.75, 3.05) is 40.8 Å². The number of likely N-dealkylation sites (N-methyl/N-ethyl adjacent to an activating group) is 2. The van der Waals surface area contributed by atoms with Crippen LogP contribution in [0.4, 0.5) is 0 Å². The van der Waals surface area contributed by atoms with Gasteiger partial charge in [-0.1, -0.05) is 51.7 Å². The van der Waals surface area contributed by atoms with Gasteiger partial charge in [-0.25, -0.2) is 0 Å². The third-order valence-corrected chi connectivity index (χ3v) is 21.2. The zero-order chi connectivity index (χ0) is 68.9. The maximum absolute atomic E-state index is 13.4. The van der Waals surface area contributed by atoms with Crippen molar-refractivity contribution < 1.29 is 184 Å². The van der Waals surface area contributed by atoms with E-state index in [1.54, 1.807) is 27.7 Å². The van der Waals surface area contributed by atoms with Gasteiger partial charge in [0.2, 0.25) is 37.2 Å². The van der Waals surface area contributed by atoms with Crippen molar-refractivity contribution in [1.29, 1.82) is 5.26 Å². The van der Waals surface area contributed by atoms with E-state index in [0.717, 1.165) is 83.0 Å². The number of carbonyl (C=O) groups is 4. The summed E-state index contributed by atoms with van der Waals surface area (Å²) in [6, 6.07) is 2.00. The van der Waals surface area contributed by atoms with Gasteiger partial charge in [-0.05, 0) is 141 Å². The fraction of sp³-hybridized carbons (Fsp3) is 0.580. The Kier molecular flexibility index (Phi) is 27.6. The van der Waals surface area contributed by atoms with Crippen LogP contribution in [0.1, 0.15) is 181 Å². The van der Waals surface area contributed by atoms with Crippen LogP contribution >= 0.6 is 0 Å². The predicted octanol–water partition coefficient (Wildman–Crippen LogP) is 6.52. The van der Waals surface area contributed by atoms with E-state index in [-0.39, 0.29) is 220 Å². The molecule has 8 heterocycles. The first-order chi connectivity index (χ1) is 45.2. The number of nitrogens with zero attached hydrogens (tertiary/aromatic N) is 6. The number of aromatic hydroxyl groups is 4. The first kappa shape index (κ1) is 80.6. The molecular weight excluding hydrogens is 1790 g/mol. The number of aliphatic hydroxyl groups excluding tert-OH is 1. The minimum Gasteiger partial charge on any atom is -0.507 e. The standard InChI is InChI=1S/C35H45N5O6.C34H46N4O7.2Ac.Ag.HNO3/c1-7-8-9-10-27(41)38-20(5)35(44)37-15-26-29-22(31(42)19(4)33-34(29)46-16-45-33)13-24-30-28-21(11-17(2)18(3)32(28)43)12-23(39(30)6)25(14-36)40(24)26;1-7-8-9-10-25(39)36-19(5)33(42)35-14-24-27-21(29(40)18(4)31-32(27)45-15-44-31)13-22-28-26-20(11-16(2)17(3)30(26)41)12-23(37(28)6)34(43)38(22)24;;;;2-1(3)4/h11,20,23-26,30,42-43H,7-10,12-13,15-16H2,1-6H3,(H,37,44)(H,38,41);11,19,22-24,28,34,40-41,43H,7-10,12-15H2,1-6H3,(H,35,42)(H,36,39);;;;(H,2,3,4)/t20-,23-,24?,25-,26-,30-;19-,22?,23-,24-,28-,34-;;;;/m00..../s1. The Morgan fingerprint density at radius 1 is 0.602 bits per heavy atom. The van der Waals surface area contributed by atoms with Gasteiger partial charge in [0.1, 0.15) is 47.4 Å². The number of carbonyl (C=O) groups excluding carboxylic acids is 4. The number of hydrogen-bond acceptors (Lipinski definition) is 20. The molecule has 29 heteroatoms. The smallest absolute Gasteiger partial charge is 0.291 e. The molecule has 4 aromatic carbocycles. The molecule has 4 bridgehead atoms. The molecular formula is C69H92Ac2AgN10O16. The van der Waals surface area contributed by atoms with E-state index in [0.29, 0.717) is 94.9 Å². The zero-order valence-corrected chi connectivity index (χ0v) is 68.8. The first-order valence-electron chi connectivity index (χ1n) is 33.1. The molecule has 3 radical (unpaired) electrons. The molecule has 0 spiro atoms. The van der Waals surface area contributed by atoms with Crippen LogP contribution in [0, 0.1) is 151 Å². The molecule has 12 rings (SSSR count). The van der Waals surface area contributed by atoms with Gasteiger partial charge in [-0.15, -0.1) is 10.1 Å². The fourth-order valence-electron chi connectivity index (χ4n) is 16.2. The van der Waals surface area contributed by atoms with Crippen LogP contribution in [0.15, 0.2) is 12.1 Å². The van der Waals surface area contributed by atoms with Gasteiger partial charge in [0.15, 0.2) is 23.0 Å². The largest absolute Gasteiger partial charge is 0.507 e. The zero-order valence-electron chi connectivity index (χ0n) is 57.8. The molecule has 98 heavy (non-hydrogen) atoms. The molecule has 2 unspecified atom stereocenters. The number of fused-ring (bicyclic) bond motifs is 18. The number of phenolic OH excluding ortho intramolecular Hbond substituents is 4. The molecule has 0 saturated carbocycles. The Morgan fingerprint density at radius 3 is 1.39 bits per heavy atom. The molecule has 12 atom stereocenters. The van der Waals surface area contributed by atoms with Gasteiger partial charge >= 0.3 is 0 Å². The average Bonchev–Trinajstić information content (AvgIpc) is 0.902. The number of amides is 4. The molecule has 4 amide bonds. The van der Waals surface area contributed by atoms with E-state index in [1.165, 1.54) is 0 Å². The van der Waals surface area contributed by atoms with Crippen molar-refractivity contribution in [3.8, 4) is 52.1 Å². The van der Waals surface area contributed by atoms with Crippen LogP contribution in [0.2, 0.25) is 0 Å². The fourth-order valence-corrected chi connectivity index (χ4v) is 16.2. The number of benzene rings is 4. The maximum atomic E-state index is 13.4. The van der Waals surface area contributed by atoms with Crippen LogP contribution < -0.4 is 40.2 Å². The summed E-state index contributed by atoms with van der Waals surface area (Å²) in [7, 11) is 3.99. The van der Waals surface area contributed by atoms with E-state index in [1.807, 2.05) is 46.7 Å². The second kappa shape index (κ2) is 33.6. The maximum Gasteiger partial charge on any atom is 0.291 e. The van der Waals surface area contributed by atoms with E-state index in [4.69, 9.17) is 34.3 Å². The van der Waals surface area contributed by atoms with E-state index in [9.17, 15) is 50.0 Å². The number of aliphatic hydroxyl groups is 1. The minimum absolute atomic E-state index is 0. The van der Waals surface area contributed by atoms with E-state index < -0.39 is 41.5 Å². The molecule has 531 valence electrons. The molecule has 8 aliphatic rings. The second-order valence-corrected chi connectivity index (χ2v) is 26.8. The average molecular weight is 1880 g/mol. The van der Waals surface area contributed by atoms with Crippen molar-refractivity contribution in [3.05, 3.63) is 100 Å². The van der Waals surface area contributed by atoms with Crippen LogP contribution in [-0.2, 0) is 67.2 Å². The summed E-state index contributed by atoms with van der Waals surface area (Å²) in [6.45, 7) is 19.1. The molecule has 4 aromatic rings. The SMILES string of the molecule is CCCCCC(=O)N[C@@H](C)C(=O)NC[C@H]1c2c(c(O)c(C)c3c2OCO3)CC2[C@H]3c4c(cc(C)c(C)c4O)C[C@@H]([C@H](C#N)N21)N3C.CCCCCC(=O)N[C@@H](C)C(=O)NC[C@H]1c2c(c(O)c(C)c3c2OCO3)CC2[C@H]3c4c(cc(C)c(C)c4O)C[C@@H]([C@H](O)N21)N3C.O=[N+]([O-])O.[Ac].[Ac].[Ag]. The van der Waals surface area contributed by atoms with Crippen molar-refractivity contribution in [2.24, 2.45) is 0 Å². The van der Waals surface area contributed by atoms with Crippen molar-refractivity contribution in [3.63, 3.8) is 0 Å². The molecule has 0 aromatic heterocycles. The summed E-state index contributed by atoms with van der Waals surface area (Å²) in [6.07, 6.45) is 7.20. The number of hydrogen-bond donors (Lipinski definition) is 10. The molecule has 2 saturated heterocycles. The van der Waals surface area contributed by atoms with Crippen LogP contribution in [0.3, 0.4) is 0 Å². The Bertz CT molecular complexity index is 3740. The number of aryl methyl sites for hydroxylation is 2. The Hall–Kier alpha value is -4.73. The number of nitrogens with one attached hydrogen (secondary N) is 4. The Labute approximate surface area is 659 Å². The van der Waals surface area contributed by atoms with Crippen LogP contribution in [0.5, 0.6) is 46.0 Å². The summed E-state index contributed by atoms with van der Waals surface area (Å²) >= 11 is 0. The number of phenols is 4. The Morgan fingerprint density at radius 2 is 0.980 bits per heavy atom. The molecule has 8 aliphatic heterocycles. The van der Waals surface area contributed by atoms with Gasteiger partial charge < -0.3 is 71.0 Å². The second-order valence-electron chi connectivity index (χ2n) is 26.8. The number of unbranched alkanes of at least 4 members (excludes halogenated alkanes) is 4. The summed E-state index contributed by atoms with van der Waals surface area (Å²) in [5, 5.41) is 94.3. The number of piperazine rings is 2. The normalized spacial score (nSPS) is 23.8. The molecule has 2 fully saturated rings. The topological polar surface area (TPSA) is 355 Å². The number of ether oxygens (including phenoxy) is 4. The quantitative estimate of drug-likeness (QED) is 0.0247. The molecule has 10 N–H and O–H groups in total. The van der Waals surface area contributed by atoms with Gasteiger partial charge in [0, 0.05) is 199 Å². The molecule has 0 aliphatic carbocycles. The predicted molar refractivity (Wildman–Crippen MR) is 347 cm³/mol. The third kappa shape index (κ3) is 15.2. The summed E-state index contributed by atoms with van der Waals surface area (Å²) < 4.78 is 23.6. The molecule has 26 nitrogen and oxygen atoms in total. The first-order valence-corrected chi connectivity index (χ1v) is 33.1. The number of rotatable bonds is 16. The van der Waals surface area contributed by atoms with Gasteiger partial charge in [0.25, 0.3) is 5.09 Å². The summed E-state index contributed by atoms with van der Waals surface area (Å²) in [4.78, 5) is 68.5. The van der Waals surface area contributed by atoms with E-state index in [2.05, 4.69) is 68.0 Å². The van der Waals surface area contributed by atoms with Crippen molar-refractivity contribution in [2.45, 2.75) is 219 Å². The minimum atomic E-state index is -1.50. The van der Waals surface area contributed by atoms with Crippen LogP contribution in [-0.4, -0.2) is 168 Å². The van der Waals surface area contributed by atoms with Gasteiger partial charge in [-0.3, -0.25) is 38.8 Å².